The maximum absolute atomic E-state index is 6.02. The van der Waals surface area contributed by atoms with E-state index in [1.54, 1.807) is 0 Å². The molecule has 0 aliphatic heterocycles. The van der Waals surface area contributed by atoms with Gasteiger partial charge < -0.3 is 0 Å². The molecule has 0 fully saturated rings. The van der Waals surface area contributed by atoms with Gasteiger partial charge in [-0.25, -0.2) is 4.98 Å². The lowest BCUT2D eigenvalue weighted by Gasteiger charge is -1.95. The van der Waals surface area contributed by atoms with Crippen molar-refractivity contribution in [3.05, 3.63) is 27.2 Å². The van der Waals surface area contributed by atoms with Gasteiger partial charge in [0.25, 0.3) is 0 Å². The van der Waals surface area contributed by atoms with Crippen LogP contribution in [-0.4, -0.2) is 10.4 Å². The fourth-order valence-electron chi connectivity index (χ4n) is 1.70. The third kappa shape index (κ3) is 2.18. The number of hydrogen-bond donors (Lipinski definition) is 0. The number of thiazole rings is 1. The van der Waals surface area contributed by atoms with Crippen LogP contribution in [0.3, 0.4) is 0 Å². The molecule has 0 saturated carbocycles. The number of halogens is 1. The summed E-state index contributed by atoms with van der Waals surface area (Å²) in [6.07, 6.45) is 5.43. The lowest BCUT2D eigenvalue weighted by atomic mass is 10.2. The molecular weight excluding hydrogens is 214 g/mol. The Labute approximate surface area is 93.8 Å². The van der Waals surface area contributed by atoms with Crippen LogP contribution in [0.25, 0.3) is 0 Å². The summed E-state index contributed by atoms with van der Waals surface area (Å²) >= 11 is 7.82. The smallest absolute Gasteiger partial charge is 0.0971 e. The third-order valence-electron chi connectivity index (χ3n) is 2.61. The van der Waals surface area contributed by atoms with Crippen molar-refractivity contribution >= 4 is 22.9 Å². The highest BCUT2D eigenvalue weighted by Gasteiger charge is 2.14. The lowest BCUT2D eigenvalue weighted by Crippen LogP contribution is -1.86. The van der Waals surface area contributed by atoms with Crippen LogP contribution in [-0.2, 0) is 6.42 Å². The van der Waals surface area contributed by atoms with Gasteiger partial charge in [0.15, 0.2) is 0 Å². The molecule has 0 radical (unpaired) electrons. The molecule has 2 rings (SSSR count). The molecule has 1 aromatic heterocycles. The zero-order valence-electron chi connectivity index (χ0n) is 8.51. The van der Waals surface area contributed by atoms with E-state index in [9.17, 15) is 0 Å². The fourth-order valence-corrected chi connectivity index (χ4v) is 2.98. The van der Waals surface area contributed by atoms with E-state index in [4.69, 9.17) is 11.6 Å². The average molecular weight is 228 g/mol. The number of aromatic nitrogens is 1. The second-order valence-electron chi connectivity index (χ2n) is 3.81. The molecule has 0 aromatic carbocycles. The Hall–Kier alpha value is -0.340. The zero-order valence-corrected chi connectivity index (χ0v) is 10.1. The predicted molar refractivity (Wildman–Crippen MR) is 62.3 cm³/mol. The minimum atomic E-state index is 0.257. The topological polar surface area (TPSA) is 12.9 Å². The van der Waals surface area contributed by atoms with Crippen LogP contribution in [0.15, 0.2) is 11.6 Å². The molecule has 0 spiro atoms. The number of aryl methyl sites for hydroxylation is 2. The first-order valence-electron chi connectivity index (χ1n) is 4.91. The van der Waals surface area contributed by atoms with E-state index in [-0.39, 0.29) is 5.38 Å². The molecule has 14 heavy (non-hydrogen) atoms. The molecule has 1 nitrogen and oxygen atoms in total. The van der Waals surface area contributed by atoms with Gasteiger partial charge in [-0.3, -0.25) is 0 Å². The summed E-state index contributed by atoms with van der Waals surface area (Å²) in [4.78, 5) is 5.87. The van der Waals surface area contributed by atoms with Crippen LogP contribution in [0.4, 0.5) is 0 Å². The minimum Gasteiger partial charge on any atom is -0.246 e. The number of alkyl halides is 1. The molecule has 1 heterocycles. The van der Waals surface area contributed by atoms with E-state index in [2.05, 4.69) is 24.9 Å². The van der Waals surface area contributed by atoms with E-state index in [0.29, 0.717) is 0 Å². The van der Waals surface area contributed by atoms with E-state index >= 15 is 0 Å². The van der Waals surface area contributed by atoms with Crippen molar-refractivity contribution in [1.29, 1.82) is 0 Å². The summed E-state index contributed by atoms with van der Waals surface area (Å²) in [5.41, 5.74) is 2.63. The van der Waals surface area contributed by atoms with Crippen LogP contribution in [0, 0.1) is 13.8 Å². The van der Waals surface area contributed by atoms with Gasteiger partial charge in [0, 0.05) is 11.3 Å². The summed E-state index contributed by atoms with van der Waals surface area (Å²) in [6, 6.07) is 0. The molecule has 0 amide bonds. The van der Waals surface area contributed by atoms with E-state index in [1.165, 1.54) is 21.2 Å². The molecule has 76 valence electrons. The maximum atomic E-state index is 6.02. The average Bonchev–Trinajstić information content (AvgIpc) is 2.62. The third-order valence-corrected chi connectivity index (χ3v) is 4.03. The standard InChI is InChI=1S/C11H14ClNS/c1-7-8(2)14-11(13-7)6-9-3-4-10(12)5-9/h5,10H,3-4,6H2,1-2H3. The van der Waals surface area contributed by atoms with Crippen LogP contribution in [0.2, 0.25) is 0 Å². The molecule has 1 atom stereocenters. The molecule has 3 heteroatoms. The SMILES string of the molecule is Cc1nc(CC2=CC(Cl)CC2)sc1C. The molecule has 1 aromatic rings. The Morgan fingerprint density at radius 1 is 1.57 bits per heavy atom. The van der Waals surface area contributed by atoms with Gasteiger partial charge in [0.2, 0.25) is 0 Å². The second kappa shape index (κ2) is 4.03. The van der Waals surface area contributed by atoms with Gasteiger partial charge in [-0.15, -0.1) is 22.9 Å². The monoisotopic (exact) mass is 227 g/mol. The van der Waals surface area contributed by atoms with E-state index in [1.807, 2.05) is 11.3 Å². The van der Waals surface area contributed by atoms with Crippen molar-refractivity contribution in [2.45, 2.75) is 38.5 Å². The molecule has 0 saturated heterocycles. The van der Waals surface area contributed by atoms with Crippen molar-refractivity contribution in [2.24, 2.45) is 0 Å². The molecule has 1 unspecified atom stereocenters. The van der Waals surface area contributed by atoms with Gasteiger partial charge in [-0.1, -0.05) is 11.6 Å². The lowest BCUT2D eigenvalue weighted by molar-refractivity contribution is 0.888. The molecule has 1 aliphatic carbocycles. The molecule has 0 bridgehead atoms. The number of nitrogens with zero attached hydrogens (tertiary/aromatic N) is 1. The summed E-state index contributed by atoms with van der Waals surface area (Å²) in [5.74, 6) is 0. The van der Waals surface area contributed by atoms with Crippen LogP contribution in [0.1, 0.15) is 28.4 Å². The van der Waals surface area contributed by atoms with Crippen molar-refractivity contribution < 1.29 is 0 Å². The highest BCUT2D eigenvalue weighted by Crippen LogP contribution is 2.27. The van der Waals surface area contributed by atoms with Gasteiger partial charge in [0.1, 0.15) is 0 Å². The zero-order chi connectivity index (χ0) is 10.1. The first-order valence-corrected chi connectivity index (χ1v) is 6.17. The number of allylic oxidation sites excluding steroid dienone is 2. The quantitative estimate of drug-likeness (QED) is 0.556. The summed E-state index contributed by atoms with van der Waals surface area (Å²) in [5, 5.41) is 1.49. The van der Waals surface area contributed by atoms with Gasteiger partial charge in [0.05, 0.1) is 16.1 Å². The Bertz CT molecular complexity index is 348. The van der Waals surface area contributed by atoms with Gasteiger partial charge in [-0.05, 0) is 26.7 Å². The van der Waals surface area contributed by atoms with E-state index < -0.39 is 0 Å². The first kappa shape index (κ1) is 10.2. The Kier molecular flexibility index (Phi) is 2.93. The van der Waals surface area contributed by atoms with Gasteiger partial charge >= 0.3 is 0 Å². The van der Waals surface area contributed by atoms with Crippen molar-refractivity contribution in [3.8, 4) is 0 Å². The molecule has 0 N–H and O–H groups in total. The van der Waals surface area contributed by atoms with Crippen LogP contribution < -0.4 is 0 Å². The first-order chi connectivity index (χ1) is 6.65. The molecule has 1 aliphatic rings. The van der Waals surface area contributed by atoms with Crippen molar-refractivity contribution in [2.75, 3.05) is 0 Å². The van der Waals surface area contributed by atoms with Gasteiger partial charge in [-0.2, -0.15) is 0 Å². The molecular formula is C11H14ClNS. The summed E-state index contributed by atoms with van der Waals surface area (Å²) in [6.45, 7) is 4.20. The summed E-state index contributed by atoms with van der Waals surface area (Å²) in [7, 11) is 0. The van der Waals surface area contributed by atoms with Crippen LogP contribution >= 0.6 is 22.9 Å². The number of rotatable bonds is 2. The minimum absolute atomic E-state index is 0.257. The Morgan fingerprint density at radius 3 is 2.86 bits per heavy atom. The van der Waals surface area contributed by atoms with Crippen molar-refractivity contribution in [1.82, 2.24) is 4.98 Å². The van der Waals surface area contributed by atoms with Crippen molar-refractivity contribution in [3.63, 3.8) is 0 Å². The Balaban J connectivity index is 2.08. The maximum Gasteiger partial charge on any atom is 0.0971 e. The highest BCUT2D eigenvalue weighted by molar-refractivity contribution is 7.11. The van der Waals surface area contributed by atoms with Crippen LogP contribution in [0.5, 0.6) is 0 Å². The highest BCUT2D eigenvalue weighted by atomic mass is 35.5. The normalized spacial score (nSPS) is 21.4. The van der Waals surface area contributed by atoms with E-state index in [0.717, 1.165) is 19.3 Å². The Morgan fingerprint density at radius 2 is 2.36 bits per heavy atom. The summed E-state index contributed by atoms with van der Waals surface area (Å²) < 4.78 is 0. The second-order valence-corrected chi connectivity index (χ2v) is 5.65. The largest absolute Gasteiger partial charge is 0.246 e. The predicted octanol–water partition coefficient (Wildman–Crippen LogP) is 3.63. The number of hydrogen-bond acceptors (Lipinski definition) is 2. The fraction of sp³-hybridized carbons (Fsp3) is 0.545.